The molecule has 6 rings (SSSR count). The molecule has 0 radical (unpaired) electrons. The number of hydrogen-bond donors (Lipinski definition) is 1. The van der Waals surface area contributed by atoms with E-state index in [2.05, 4.69) is 25.0 Å². The van der Waals surface area contributed by atoms with Crippen LogP contribution in [-0.2, 0) is 10.2 Å². The molecule has 3 aromatic heterocycles. The number of fused-ring (bicyclic) bond motifs is 2. The van der Waals surface area contributed by atoms with Crippen molar-refractivity contribution in [2.24, 2.45) is 4.99 Å². The number of alkyl halides is 3. The van der Waals surface area contributed by atoms with E-state index in [1.165, 1.54) is 16.9 Å². The number of pyridine rings is 1. The molecule has 0 aliphatic carbocycles. The normalized spacial score (nSPS) is 24.5. The van der Waals surface area contributed by atoms with Crippen LogP contribution >= 0.6 is 0 Å². The second-order valence-corrected chi connectivity index (χ2v) is 10.7. The lowest BCUT2D eigenvalue weighted by atomic mass is 9.80. The first-order valence-electron chi connectivity index (χ1n) is 13.6. The summed E-state index contributed by atoms with van der Waals surface area (Å²) < 4.78 is 60.7. The molecular weight excluding hydrogens is 526 g/mol. The average molecular weight is 566 g/mol. The summed E-state index contributed by atoms with van der Waals surface area (Å²) in [6.45, 7) is 12.3. The molecule has 3 aromatic rings. The summed E-state index contributed by atoms with van der Waals surface area (Å²) in [6.07, 6.45) is 1.38. The van der Waals surface area contributed by atoms with Crippen molar-refractivity contribution in [3.63, 3.8) is 0 Å². The molecule has 2 atom stereocenters. The van der Waals surface area contributed by atoms with Crippen molar-refractivity contribution in [1.29, 1.82) is 0 Å². The van der Waals surface area contributed by atoms with Gasteiger partial charge < -0.3 is 10.5 Å². The Bertz CT molecular complexity index is 1380. The molecule has 40 heavy (non-hydrogen) atoms. The van der Waals surface area contributed by atoms with Crippen molar-refractivity contribution in [3.8, 4) is 11.3 Å². The number of nitrogens with zero attached hydrogens (tertiary/aromatic N) is 6. The maximum Gasteiger partial charge on any atom is 0.239 e. The number of nitrogen functional groups attached to an aromatic ring is 1. The van der Waals surface area contributed by atoms with Crippen LogP contribution in [0.2, 0.25) is 0 Å². The van der Waals surface area contributed by atoms with Crippen molar-refractivity contribution in [2.75, 3.05) is 32.0 Å². The molecule has 0 aromatic carbocycles. The molecule has 0 saturated carbocycles. The number of aliphatic imine (C=N–C) groups is 1. The Kier molecular flexibility index (Phi) is 8.79. The fourth-order valence-electron chi connectivity index (χ4n) is 5.30. The lowest BCUT2D eigenvalue weighted by Gasteiger charge is -2.43. The minimum absolute atomic E-state index is 0. The molecule has 0 spiro atoms. The van der Waals surface area contributed by atoms with Gasteiger partial charge in [-0.1, -0.05) is 13.8 Å². The van der Waals surface area contributed by atoms with E-state index >= 15 is 0 Å². The molecule has 2 unspecified atom stereocenters. The third-order valence-electron chi connectivity index (χ3n) is 7.62. The summed E-state index contributed by atoms with van der Waals surface area (Å²) >= 11 is 0. The zero-order valence-electron chi connectivity index (χ0n) is 23.6. The first-order valence-corrected chi connectivity index (χ1v) is 13.6. The molecule has 8 nitrogen and oxygen atoms in total. The van der Waals surface area contributed by atoms with Gasteiger partial charge in [-0.25, -0.2) is 32.0 Å². The zero-order valence-corrected chi connectivity index (χ0v) is 23.6. The summed E-state index contributed by atoms with van der Waals surface area (Å²) in [5.74, 6) is -0.543. The van der Waals surface area contributed by atoms with Gasteiger partial charge in [-0.15, -0.1) is 5.10 Å². The van der Waals surface area contributed by atoms with Crippen LogP contribution in [-0.4, -0.2) is 74.6 Å². The van der Waals surface area contributed by atoms with Gasteiger partial charge in [0.15, 0.2) is 5.82 Å². The molecule has 2 saturated heterocycles. The Labute approximate surface area is 233 Å². The van der Waals surface area contributed by atoms with Gasteiger partial charge in [0, 0.05) is 20.1 Å². The minimum Gasteiger partial charge on any atom is -0.378 e. The smallest absolute Gasteiger partial charge is 0.239 e. The summed E-state index contributed by atoms with van der Waals surface area (Å²) in [6, 6.07) is 3.78. The fourth-order valence-corrected chi connectivity index (χ4v) is 5.30. The van der Waals surface area contributed by atoms with Gasteiger partial charge >= 0.3 is 0 Å². The van der Waals surface area contributed by atoms with Crippen LogP contribution in [0.4, 0.5) is 29.2 Å². The van der Waals surface area contributed by atoms with Crippen molar-refractivity contribution < 1.29 is 23.7 Å². The predicted octanol–water partition coefficient (Wildman–Crippen LogP) is 6.01. The molecule has 3 aliphatic heterocycles. The van der Waals surface area contributed by atoms with Crippen LogP contribution in [0.15, 0.2) is 29.5 Å². The summed E-state index contributed by atoms with van der Waals surface area (Å²) in [4.78, 5) is 15.0. The molecule has 2 fully saturated rings. The molecule has 0 amide bonds. The maximum atomic E-state index is 14.5. The number of piperidine rings is 1. The molecule has 220 valence electrons. The lowest BCUT2D eigenvalue weighted by molar-refractivity contribution is -0.0900. The number of halogens is 4. The Morgan fingerprint density at radius 1 is 1.23 bits per heavy atom. The topological polar surface area (TPSA) is 93.9 Å². The number of ether oxygens (including phenoxy) is 1. The number of rotatable bonds is 4. The Balaban J connectivity index is 0.000000259. The van der Waals surface area contributed by atoms with E-state index < -0.39 is 29.7 Å². The van der Waals surface area contributed by atoms with Crippen LogP contribution in [0.25, 0.3) is 16.8 Å². The highest BCUT2D eigenvalue weighted by Crippen LogP contribution is 2.44. The number of hydrogen-bond acceptors (Lipinski definition) is 7. The van der Waals surface area contributed by atoms with Crippen LogP contribution in [0.3, 0.4) is 0 Å². The fraction of sp³-hybridized carbons (Fsp3) is 0.571. The van der Waals surface area contributed by atoms with E-state index in [0.717, 1.165) is 32.6 Å². The van der Waals surface area contributed by atoms with Crippen LogP contribution in [0.1, 0.15) is 61.0 Å². The SMILES string of the molecule is CC.CC1(F)CCCN(C2COC2)C1.CC1=Nc2ccc(-c3c(F)cn4nc(N)ncc34)nc2C1(C)CC(F)F.[HH]. The van der Waals surface area contributed by atoms with Gasteiger partial charge in [0.1, 0.15) is 5.67 Å². The highest BCUT2D eigenvalue weighted by molar-refractivity contribution is 5.99. The third kappa shape index (κ3) is 5.97. The van der Waals surface area contributed by atoms with Crippen LogP contribution < -0.4 is 5.73 Å². The van der Waals surface area contributed by atoms with E-state index in [1.807, 2.05) is 13.8 Å². The summed E-state index contributed by atoms with van der Waals surface area (Å²) in [5, 5.41) is 3.93. The van der Waals surface area contributed by atoms with E-state index in [9.17, 15) is 17.6 Å². The predicted molar refractivity (Wildman–Crippen MR) is 150 cm³/mol. The monoisotopic (exact) mass is 565 g/mol. The van der Waals surface area contributed by atoms with Crippen molar-refractivity contribution in [1.82, 2.24) is 24.5 Å². The highest BCUT2D eigenvalue weighted by Gasteiger charge is 2.41. The number of anilines is 1. The molecule has 2 N–H and O–H groups in total. The van der Waals surface area contributed by atoms with Gasteiger partial charge in [0.05, 0.1) is 65.2 Å². The number of nitrogens with two attached hydrogens (primary N) is 1. The first-order chi connectivity index (χ1) is 19.0. The van der Waals surface area contributed by atoms with Crippen molar-refractivity contribution in [2.45, 2.75) is 77.4 Å². The van der Waals surface area contributed by atoms with Crippen LogP contribution in [0, 0.1) is 5.82 Å². The molecule has 3 aliphatic rings. The van der Waals surface area contributed by atoms with Gasteiger partial charge in [-0.3, -0.25) is 9.89 Å². The summed E-state index contributed by atoms with van der Waals surface area (Å²) in [5.41, 5.74) is 5.96. The molecule has 12 heteroatoms. The van der Waals surface area contributed by atoms with Crippen LogP contribution in [0.5, 0.6) is 0 Å². The lowest BCUT2D eigenvalue weighted by Crippen LogP contribution is -2.55. The quantitative estimate of drug-likeness (QED) is 0.389. The average Bonchev–Trinajstić information content (AvgIpc) is 3.30. The Morgan fingerprint density at radius 3 is 2.58 bits per heavy atom. The van der Waals surface area contributed by atoms with E-state index in [4.69, 9.17) is 10.5 Å². The van der Waals surface area contributed by atoms with E-state index in [0.29, 0.717) is 40.9 Å². The number of aromatic nitrogens is 4. The third-order valence-corrected chi connectivity index (χ3v) is 7.62. The maximum absolute atomic E-state index is 14.5. The van der Waals surface area contributed by atoms with Gasteiger partial charge in [0.2, 0.25) is 12.4 Å². The van der Waals surface area contributed by atoms with E-state index in [1.54, 1.807) is 32.9 Å². The van der Waals surface area contributed by atoms with Gasteiger partial charge in [0.25, 0.3) is 0 Å². The van der Waals surface area contributed by atoms with Gasteiger partial charge in [-0.05, 0) is 52.3 Å². The zero-order chi connectivity index (χ0) is 29.2. The standard InChI is InChI=1S/C17H15F3N6.C9H16FNO.C2H6.H2/c1-8-17(2,5-13(19)20)15-11(23-8)4-3-10(24-15)14-9(18)7-26-12(14)6-22-16(21)25-26;1-9(10)3-2-4-11(7-9)8-5-12-6-8;1-2;/h3-4,6-7,13H,5H2,1-2H3,(H2,21,25);8H,2-7H2,1H3;1-2H3;1H. The second-order valence-electron chi connectivity index (χ2n) is 10.7. The van der Waals surface area contributed by atoms with E-state index in [-0.39, 0.29) is 12.9 Å². The molecule has 6 heterocycles. The summed E-state index contributed by atoms with van der Waals surface area (Å²) in [7, 11) is 0. The minimum atomic E-state index is -2.51. The highest BCUT2D eigenvalue weighted by atomic mass is 19.3. The Morgan fingerprint density at radius 2 is 1.95 bits per heavy atom. The van der Waals surface area contributed by atoms with Gasteiger partial charge in [-0.2, -0.15) is 0 Å². The molecular formula is C28H39F4N7O. The molecule has 0 bridgehead atoms. The Hall–Kier alpha value is -3.12. The van der Waals surface area contributed by atoms with Crippen molar-refractivity contribution in [3.05, 3.63) is 36.0 Å². The second kappa shape index (κ2) is 11.8. The number of likely N-dealkylation sites (tertiary alicyclic amines) is 1. The van der Waals surface area contributed by atoms with Crippen molar-refractivity contribution >= 4 is 22.9 Å². The largest absolute Gasteiger partial charge is 0.378 e. The first kappa shape index (κ1) is 29.9.